The van der Waals surface area contributed by atoms with Crippen molar-refractivity contribution in [1.82, 2.24) is 84.7 Å². The van der Waals surface area contributed by atoms with Gasteiger partial charge in [-0.3, -0.25) is 101 Å². The quantitative estimate of drug-likeness (QED) is 0.0183. The Morgan fingerprint density at radius 3 is 1.12 bits per heavy atom. The van der Waals surface area contributed by atoms with Crippen molar-refractivity contribution in [3.05, 3.63) is 102 Å². The minimum Gasteiger partial charge on any atom is -2.00 e. The number of nitrogens with two attached hydrogens (primary N) is 3. The monoisotopic (exact) mass is 1960 g/mol. The van der Waals surface area contributed by atoms with Gasteiger partial charge in [-0.25, -0.2) is 0 Å². The number of amides is 14. The van der Waals surface area contributed by atoms with Crippen molar-refractivity contribution < 1.29 is 167 Å². The molecule has 1 heterocycles. The first kappa shape index (κ1) is 115. The number of phenolic OH excluding ortho intramolecular Hbond substituents is 1. The number of phenols is 1. The van der Waals surface area contributed by atoms with E-state index < -0.39 is 299 Å². The Kier molecular flexibility index (Phi) is 52.6. The molecule has 0 aliphatic carbocycles. The second-order valence-corrected chi connectivity index (χ2v) is 30.8. The molecule has 0 fully saturated rings. The van der Waals surface area contributed by atoms with Crippen LogP contribution in [0, 0.1) is 5.92 Å². The number of benzene rings is 3. The Hall–Kier alpha value is -13.3. The van der Waals surface area contributed by atoms with E-state index in [2.05, 4.69) is 84.7 Å². The summed E-state index contributed by atoms with van der Waals surface area (Å²) in [6.45, 7) is 0.913. The Morgan fingerprint density at radius 1 is 0.379 bits per heavy atom. The maximum atomic E-state index is 14.6. The maximum Gasteiger partial charge on any atom is 4.00 e. The molecule has 4 aromatic rings. The SMILES string of the molecule is CSCC[C@H](NC(=O)[C@H](Cc1c[nH]c2ccccc12)NC(=O)CNC(=O)[C@H](Cc1ccc(O)cc1)NC(=O)[C@H](C)NC(=O)[C@H](CCC(=O)O)NC(=O)[C@H](CCC(=O)O)NC(=O)[C@H](CCC(=O)O)NC(=O)[C@H](CCC(=O)O)NC(=O)[C@H](CCC(=O)O)NC(=O)[C@@H](CCC(=O)O)NC(=O)C(CNCCN)CNCCN)C(=O)N[C@@H](CC(=O)O)C(=O)N[C@@H](Cc1ccccc1)C(N)=O.[O-2].[Tc+4]. The van der Waals surface area contributed by atoms with Gasteiger partial charge in [0, 0.05) is 114 Å². The smallest absolute Gasteiger partial charge is 2.00 e. The minimum absolute atomic E-state index is 0. The number of carboxylic acid groups (broad SMARTS) is 7. The number of fused-ring (bicyclic) bond motifs is 1. The molecule has 14 amide bonds. The first-order chi connectivity index (χ1) is 61.6. The van der Waals surface area contributed by atoms with Gasteiger partial charge >= 0.3 is 61.9 Å². The number of carbonyl (C=O) groups is 21. The van der Waals surface area contributed by atoms with E-state index >= 15 is 0 Å². The molecule has 51 heteroatoms. The zero-order valence-electron chi connectivity index (χ0n) is 71.8. The molecule has 30 N–H and O–H groups in total. The van der Waals surface area contributed by atoms with Gasteiger partial charge in [-0.2, -0.15) is 11.8 Å². The molecule has 132 heavy (non-hydrogen) atoms. The number of rotatable bonds is 64. The van der Waals surface area contributed by atoms with Crippen molar-refractivity contribution in [2.45, 2.75) is 189 Å². The van der Waals surface area contributed by atoms with E-state index in [0.29, 0.717) is 22.0 Å². The fourth-order valence-corrected chi connectivity index (χ4v) is 13.2. The molecule has 723 valence electrons. The van der Waals surface area contributed by atoms with Crippen LogP contribution >= 0.6 is 11.8 Å². The summed E-state index contributed by atoms with van der Waals surface area (Å²) in [4.78, 5) is 284. The number of aromatic amines is 1. The number of aliphatic carboxylic acids is 7. The van der Waals surface area contributed by atoms with E-state index in [1.54, 1.807) is 67.0 Å². The van der Waals surface area contributed by atoms with Crippen molar-refractivity contribution in [3.63, 3.8) is 0 Å². The molecule has 0 aliphatic rings. The van der Waals surface area contributed by atoms with E-state index in [9.17, 15) is 142 Å². The number of carbonyl (C=O) groups excluding carboxylic acids is 14. The van der Waals surface area contributed by atoms with Crippen molar-refractivity contribution in [2.24, 2.45) is 23.1 Å². The van der Waals surface area contributed by atoms with Gasteiger partial charge in [-0.1, -0.05) is 60.7 Å². The van der Waals surface area contributed by atoms with Crippen LogP contribution in [0.25, 0.3) is 10.9 Å². The average Bonchev–Trinajstić information content (AvgIpc) is 1.67. The summed E-state index contributed by atoms with van der Waals surface area (Å²) in [6.07, 6.45) is -9.00. The van der Waals surface area contributed by atoms with Gasteiger partial charge in [-0.05, 0) is 98.8 Å². The Morgan fingerprint density at radius 2 is 0.720 bits per heavy atom. The van der Waals surface area contributed by atoms with E-state index in [-0.39, 0.29) is 101 Å². The summed E-state index contributed by atoms with van der Waals surface area (Å²) in [7, 11) is 0. The molecule has 1 aromatic heterocycles. The molecule has 0 bridgehead atoms. The number of aromatic hydroxyl groups is 1. The molecule has 3 aromatic carbocycles. The Bertz CT molecular complexity index is 4600. The van der Waals surface area contributed by atoms with Gasteiger partial charge < -0.3 is 148 Å². The number of nitrogens with one attached hydrogen (secondary N) is 16. The summed E-state index contributed by atoms with van der Waals surface area (Å²) < 4.78 is 0. The van der Waals surface area contributed by atoms with Crippen LogP contribution in [0.15, 0.2) is 85.1 Å². The van der Waals surface area contributed by atoms with Crippen LogP contribution in [0.3, 0.4) is 0 Å². The first-order valence-electron chi connectivity index (χ1n) is 41.0. The van der Waals surface area contributed by atoms with Gasteiger partial charge in [0.2, 0.25) is 82.7 Å². The van der Waals surface area contributed by atoms with Crippen LogP contribution in [0.1, 0.15) is 114 Å². The van der Waals surface area contributed by atoms with Crippen LogP contribution in [0.2, 0.25) is 0 Å². The fourth-order valence-electron chi connectivity index (χ4n) is 12.7. The summed E-state index contributed by atoms with van der Waals surface area (Å²) in [5, 5.41) is 115. The van der Waals surface area contributed by atoms with E-state index in [0.717, 1.165) is 6.92 Å². The predicted molar refractivity (Wildman–Crippen MR) is 460 cm³/mol. The molecule has 0 aliphatic heterocycles. The molecular formula is C81H113N19O30STc+2. The molecule has 0 saturated carbocycles. The number of para-hydroxylation sites is 1. The third kappa shape index (κ3) is 43.4. The third-order valence-corrected chi connectivity index (χ3v) is 20.3. The largest absolute Gasteiger partial charge is 4.00 e. The van der Waals surface area contributed by atoms with Crippen molar-refractivity contribution in [3.8, 4) is 5.75 Å². The first-order valence-corrected chi connectivity index (χ1v) is 42.4. The minimum atomic E-state index is -2.13. The summed E-state index contributed by atoms with van der Waals surface area (Å²) in [5.41, 5.74) is 18.7. The second-order valence-electron chi connectivity index (χ2n) is 29.9. The van der Waals surface area contributed by atoms with Gasteiger partial charge in [0.1, 0.15) is 78.3 Å². The average molecular weight is 1960 g/mol. The number of H-pyrrole nitrogens is 1. The fraction of sp³-hybridized carbons (Fsp3) is 0.494. The number of carboxylic acids is 7. The molecule has 0 spiro atoms. The number of thioether (sulfide) groups is 1. The molecule has 4 rings (SSSR count). The molecule has 0 saturated heterocycles. The van der Waals surface area contributed by atoms with Crippen molar-refractivity contribution in [2.75, 3.05) is 57.8 Å². The number of primary amides is 1. The Labute approximate surface area is 772 Å². The summed E-state index contributed by atoms with van der Waals surface area (Å²) >= 11 is 1.24. The van der Waals surface area contributed by atoms with Crippen LogP contribution in [-0.4, -0.2) is 301 Å². The van der Waals surface area contributed by atoms with E-state index in [1.807, 2.05) is 0 Å². The summed E-state index contributed by atoms with van der Waals surface area (Å²) in [6, 6.07) is -1.48. The third-order valence-electron chi connectivity index (χ3n) is 19.6. The standard InChI is InChI=1S/C81H113N19O29S.O.Tc/c1-42(70(118)99-58(35-44-12-14-47(101)15-13-44)72(120)88-41-61(102)90-59(36-45-40-87-49-11-7-6-10-48(45)49)80(128)97-56(28-33-130-2)79(127)100-60(37-68(115)116)81(129)98-57(69(84)117)34-43-8-4-3-5-9-43)89-73(121)50(16-22-62(103)104)92-75(123)52(18-24-64(107)108)94-77(125)54(20-26-66(111)112)96-78(126)55(21-27-67(113)114)95-76(124)53(19-25-65(109)110)93-74(122)51(17-23-63(105)106)91-71(119)46(38-85-31-29-82)39-86-32-30-83;;/h3-15,40,42,46,50-60,85-87,101H,16-39,41,82-83H2,1-2H3,(H2,84,117)(H,88,120)(H,89,121)(H,90,102)(H,91,119)(H,92,123)(H,93,122)(H,94,125)(H,95,124)(H,96,126)(H,97,128)(H,98,129)(H,99,118)(H,100,127)(H,103,104)(H,105,106)(H,107,108)(H,109,110)(H,111,112)(H,113,114)(H,115,116);;/q;-2;+4/t42-,50-,51+,52-,53-,54-,55-,56-,57-,58-,59-,60-;;/m0../s1. The zero-order chi connectivity index (χ0) is 96.7. The van der Waals surface area contributed by atoms with Gasteiger partial charge in [0.15, 0.2) is 0 Å². The van der Waals surface area contributed by atoms with Crippen molar-refractivity contribution in [1.29, 1.82) is 0 Å². The number of hydrogen-bond donors (Lipinski definition) is 27. The van der Waals surface area contributed by atoms with E-state index in [4.69, 9.17) is 17.2 Å². The summed E-state index contributed by atoms with van der Waals surface area (Å²) in [5.74, 6) is -28.5. The number of aromatic nitrogens is 1. The molecule has 12 atom stereocenters. The number of hydrogen-bond acceptors (Lipinski definition) is 27. The van der Waals surface area contributed by atoms with Crippen LogP contribution in [0.4, 0.5) is 0 Å². The maximum absolute atomic E-state index is 14.6. The van der Waals surface area contributed by atoms with Crippen LogP contribution in [-0.2, 0) is 146 Å². The van der Waals surface area contributed by atoms with E-state index in [1.165, 1.54) is 36.0 Å². The predicted octanol–water partition coefficient (Wildman–Crippen LogP) is -6.65. The molecule has 1 radical (unpaired) electrons. The molecule has 49 nitrogen and oxygen atoms in total. The molecular weight excluding hydrogens is 1850 g/mol. The second kappa shape index (κ2) is 60.5. The zero-order valence-corrected chi connectivity index (χ0v) is 74.5. The molecule has 0 unspecified atom stereocenters. The van der Waals surface area contributed by atoms with Gasteiger partial charge in [-0.15, -0.1) is 0 Å². The Balaban J connectivity index is 0.0000295. The van der Waals surface area contributed by atoms with Gasteiger partial charge in [0.25, 0.3) is 0 Å². The van der Waals surface area contributed by atoms with Gasteiger partial charge in [0.05, 0.1) is 18.9 Å². The van der Waals surface area contributed by atoms with Crippen LogP contribution in [0.5, 0.6) is 5.75 Å². The topological polar surface area (TPSA) is 823 Å². The van der Waals surface area contributed by atoms with Crippen LogP contribution < -0.4 is 97.0 Å². The van der Waals surface area contributed by atoms with Crippen molar-refractivity contribution >= 4 is 147 Å². The normalized spacial score (nSPS) is 13.6.